The fraction of sp³-hybridized carbons (Fsp3) is 0.462. The molecule has 0 radical (unpaired) electrons. The third-order valence-electron chi connectivity index (χ3n) is 1.58. The second-order valence-electron chi connectivity index (χ2n) is 2.58. The van der Waals surface area contributed by atoms with E-state index in [-0.39, 0.29) is 12.2 Å². The number of hydrogen-bond donors (Lipinski definition) is 1. The third kappa shape index (κ3) is 9.21. The lowest BCUT2D eigenvalue weighted by atomic mass is 10.1. The number of carbonyl (C=O) groups excluding carboxylic acids is 1. The van der Waals surface area contributed by atoms with Gasteiger partial charge in [-0.25, -0.2) is 0 Å². The van der Waals surface area contributed by atoms with Gasteiger partial charge in [0.05, 0.1) is 0 Å². The highest BCUT2D eigenvalue weighted by molar-refractivity contribution is 5.57. The molecular formula is C13H22O3. The Morgan fingerprint density at radius 2 is 1.81 bits per heavy atom. The minimum Gasteiger partial charge on any atom is -0.508 e. The number of aromatic hydroxyl groups is 1. The van der Waals surface area contributed by atoms with Crippen LogP contribution in [0.3, 0.4) is 0 Å². The van der Waals surface area contributed by atoms with Crippen LogP contribution >= 0.6 is 0 Å². The van der Waals surface area contributed by atoms with E-state index in [1.165, 1.54) is 0 Å². The zero-order valence-corrected chi connectivity index (χ0v) is 10.6. The molecule has 0 saturated heterocycles. The Hall–Kier alpha value is -1.35. The van der Waals surface area contributed by atoms with Gasteiger partial charge in [-0.1, -0.05) is 32.0 Å². The molecule has 0 aliphatic heterocycles. The van der Waals surface area contributed by atoms with Crippen molar-refractivity contribution in [3.8, 4) is 5.75 Å². The molecule has 1 rings (SSSR count). The molecule has 0 spiro atoms. The second-order valence-corrected chi connectivity index (χ2v) is 2.58. The van der Waals surface area contributed by atoms with Gasteiger partial charge in [0, 0.05) is 25.7 Å². The molecule has 1 aromatic carbocycles. The maximum Gasteiger partial charge on any atom is 0.124 e. The fourth-order valence-electron chi connectivity index (χ4n) is 0.773. The highest BCUT2D eigenvalue weighted by Gasteiger charge is 1.95. The van der Waals surface area contributed by atoms with E-state index >= 15 is 0 Å². The summed E-state index contributed by atoms with van der Waals surface area (Å²) in [6, 6.07) is 6.81. The number of phenols is 1. The summed E-state index contributed by atoms with van der Waals surface area (Å²) >= 11 is 0. The molecule has 0 atom stereocenters. The second kappa shape index (κ2) is 13.7. The molecule has 0 bridgehead atoms. The predicted octanol–water partition coefficient (Wildman–Crippen LogP) is 2.81. The molecule has 1 N–H and O–H groups in total. The summed E-state index contributed by atoms with van der Waals surface area (Å²) in [6.45, 7) is 6.78. The maximum atomic E-state index is 10.0. The van der Waals surface area contributed by atoms with E-state index < -0.39 is 0 Å². The topological polar surface area (TPSA) is 46.5 Å². The first-order valence-electron chi connectivity index (χ1n) is 5.45. The Morgan fingerprint density at radius 3 is 2.19 bits per heavy atom. The molecule has 0 heterocycles. The number of aldehydes is 1. The van der Waals surface area contributed by atoms with Gasteiger partial charge in [-0.2, -0.15) is 0 Å². The molecular weight excluding hydrogens is 204 g/mol. The van der Waals surface area contributed by atoms with E-state index in [4.69, 9.17) is 5.11 Å². The molecule has 92 valence electrons. The van der Waals surface area contributed by atoms with Gasteiger partial charge in [-0.05, 0) is 13.0 Å². The first-order valence-corrected chi connectivity index (χ1v) is 5.45. The van der Waals surface area contributed by atoms with Crippen LogP contribution in [-0.2, 0) is 16.0 Å². The van der Waals surface area contributed by atoms with Crippen molar-refractivity contribution in [2.45, 2.75) is 27.2 Å². The fourth-order valence-corrected chi connectivity index (χ4v) is 0.773. The third-order valence-corrected chi connectivity index (χ3v) is 1.58. The first-order chi connectivity index (χ1) is 7.76. The van der Waals surface area contributed by atoms with E-state index in [0.29, 0.717) is 5.56 Å². The lowest BCUT2D eigenvalue weighted by Crippen LogP contribution is -1.84. The van der Waals surface area contributed by atoms with Crippen molar-refractivity contribution in [3.05, 3.63) is 29.8 Å². The van der Waals surface area contributed by atoms with Crippen LogP contribution in [0, 0.1) is 0 Å². The average molecular weight is 226 g/mol. The van der Waals surface area contributed by atoms with Crippen LogP contribution in [0.25, 0.3) is 0 Å². The molecule has 0 aliphatic carbocycles. The summed E-state index contributed by atoms with van der Waals surface area (Å²) in [5.41, 5.74) is 0.678. The number of methoxy groups -OCH3 is 1. The molecule has 0 aromatic heterocycles. The Kier molecular flexibility index (Phi) is 14.6. The van der Waals surface area contributed by atoms with Crippen LogP contribution < -0.4 is 0 Å². The van der Waals surface area contributed by atoms with Crippen LogP contribution in [0.2, 0.25) is 0 Å². The van der Waals surface area contributed by atoms with E-state index in [1.54, 1.807) is 31.4 Å². The van der Waals surface area contributed by atoms with Gasteiger partial charge in [0.25, 0.3) is 0 Å². The van der Waals surface area contributed by atoms with Gasteiger partial charge in [-0.15, -0.1) is 0 Å². The van der Waals surface area contributed by atoms with Gasteiger partial charge in [-0.3, -0.25) is 0 Å². The number of ether oxygens (including phenoxy) is 1. The summed E-state index contributed by atoms with van der Waals surface area (Å²) in [4.78, 5) is 10.0. The highest BCUT2D eigenvalue weighted by atomic mass is 16.5. The van der Waals surface area contributed by atoms with Crippen LogP contribution in [-0.4, -0.2) is 25.1 Å². The van der Waals surface area contributed by atoms with E-state index in [2.05, 4.69) is 4.74 Å². The smallest absolute Gasteiger partial charge is 0.124 e. The summed E-state index contributed by atoms with van der Waals surface area (Å²) in [6.07, 6.45) is 1.06. The lowest BCUT2D eigenvalue weighted by molar-refractivity contribution is -0.107. The van der Waals surface area contributed by atoms with Crippen molar-refractivity contribution in [3.63, 3.8) is 0 Å². The Labute approximate surface area is 98.1 Å². The summed E-state index contributed by atoms with van der Waals surface area (Å²) in [7, 11) is 1.68. The van der Waals surface area contributed by atoms with Crippen molar-refractivity contribution in [1.29, 1.82) is 0 Å². The Morgan fingerprint density at radius 1 is 1.31 bits per heavy atom. The maximum absolute atomic E-state index is 10.0. The molecule has 1 aromatic rings. The van der Waals surface area contributed by atoms with Gasteiger partial charge >= 0.3 is 0 Å². The number of rotatable bonds is 3. The number of phenolic OH excluding ortho intramolecular Hbond substituents is 1. The summed E-state index contributed by atoms with van der Waals surface area (Å²) in [5, 5.41) is 9.08. The van der Waals surface area contributed by atoms with Crippen molar-refractivity contribution in [1.82, 2.24) is 0 Å². The zero-order valence-electron chi connectivity index (χ0n) is 10.6. The molecule has 0 saturated carbocycles. The largest absolute Gasteiger partial charge is 0.508 e. The average Bonchev–Trinajstić information content (AvgIpc) is 2.35. The van der Waals surface area contributed by atoms with Crippen LogP contribution in [0.1, 0.15) is 26.3 Å². The predicted molar refractivity (Wildman–Crippen MR) is 66.8 cm³/mol. The standard InChI is InChI=1S/C8H8O2.C3H8O.C2H6/c9-6-5-7-3-1-2-4-8(7)10;1-3-4-2;1-2/h1-4,6,10H,5H2;3H2,1-2H3;1-2H3. The number of carbonyl (C=O) groups is 1. The number of hydrogen-bond acceptors (Lipinski definition) is 3. The Balaban J connectivity index is 0. The molecule has 0 amide bonds. The van der Waals surface area contributed by atoms with Crippen LogP contribution in [0.15, 0.2) is 24.3 Å². The molecule has 0 unspecified atom stereocenters. The number of benzene rings is 1. The summed E-state index contributed by atoms with van der Waals surface area (Å²) < 4.78 is 4.54. The molecule has 3 nitrogen and oxygen atoms in total. The number of para-hydroxylation sites is 1. The van der Waals surface area contributed by atoms with Crippen LogP contribution in [0.4, 0.5) is 0 Å². The molecule has 16 heavy (non-hydrogen) atoms. The Bertz CT molecular complexity index is 257. The van der Waals surface area contributed by atoms with E-state index in [0.717, 1.165) is 12.9 Å². The summed E-state index contributed by atoms with van der Waals surface area (Å²) in [5.74, 6) is 0.189. The zero-order chi connectivity index (χ0) is 12.8. The van der Waals surface area contributed by atoms with Crippen molar-refractivity contribution in [2.75, 3.05) is 13.7 Å². The van der Waals surface area contributed by atoms with Crippen molar-refractivity contribution >= 4 is 6.29 Å². The van der Waals surface area contributed by atoms with Crippen molar-refractivity contribution < 1.29 is 14.6 Å². The first kappa shape index (κ1) is 17.1. The van der Waals surface area contributed by atoms with Crippen LogP contribution in [0.5, 0.6) is 5.75 Å². The van der Waals surface area contributed by atoms with Crippen molar-refractivity contribution in [2.24, 2.45) is 0 Å². The highest BCUT2D eigenvalue weighted by Crippen LogP contribution is 2.14. The molecule has 0 fully saturated rings. The SMILES string of the molecule is CC.CCOC.O=CCc1ccccc1O. The van der Waals surface area contributed by atoms with Gasteiger partial charge in [0.15, 0.2) is 0 Å². The minimum atomic E-state index is 0.189. The lowest BCUT2D eigenvalue weighted by Gasteiger charge is -1.96. The van der Waals surface area contributed by atoms with Gasteiger partial charge < -0.3 is 14.6 Å². The normalized spacial score (nSPS) is 8.00. The molecule has 3 heteroatoms. The van der Waals surface area contributed by atoms with Gasteiger partial charge in [0.1, 0.15) is 12.0 Å². The monoisotopic (exact) mass is 226 g/mol. The quantitative estimate of drug-likeness (QED) is 0.806. The minimum absolute atomic E-state index is 0.189. The van der Waals surface area contributed by atoms with E-state index in [1.807, 2.05) is 20.8 Å². The van der Waals surface area contributed by atoms with E-state index in [9.17, 15) is 4.79 Å². The van der Waals surface area contributed by atoms with Gasteiger partial charge in [0.2, 0.25) is 0 Å². The molecule has 0 aliphatic rings.